The molecule has 0 saturated carbocycles. The summed E-state index contributed by atoms with van der Waals surface area (Å²) in [5, 5.41) is 8.58. The molecule has 0 amide bonds. The van der Waals surface area contributed by atoms with E-state index in [4.69, 9.17) is 0 Å². The molecule has 0 aliphatic rings. The lowest BCUT2D eigenvalue weighted by molar-refractivity contribution is 0.667. The van der Waals surface area contributed by atoms with Crippen LogP contribution in [0.2, 0.25) is 0 Å². The van der Waals surface area contributed by atoms with Crippen molar-refractivity contribution in [3.63, 3.8) is 0 Å². The molecule has 28 heavy (non-hydrogen) atoms. The van der Waals surface area contributed by atoms with Crippen LogP contribution in [0.1, 0.15) is 76.3 Å². The molecule has 0 atom stereocenters. The van der Waals surface area contributed by atoms with E-state index in [2.05, 4.69) is 62.4 Å². The van der Waals surface area contributed by atoms with Crippen LogP contribution in [0, 0.1) is 0 Å². The summed E-state index contributed by atoms with van der Waals surface area (Å²) in [5.41, 5.74) is 3.00. The van der Waals surface area contributed by atoms with Crippen molar-refractivity contribution in [1.29, 1.82) is 0 Å². The molecule has 4 aromatic rings. The van der Waals surface area contributed by atoms with Crippen molar-refractivity contribution < 1.29 is 0 Å². The number of aryl methyl sites for hydroxylation is 2. The molecule has 0 radical (unpaired) electrons. The maximum atomic E-state index is 2.44. The Bertz CT molecular complexity index is 888. The van der Waals surface area contributed by atoms with Gasteiger partial charge in [0.15, 0.2) is 0 Å². The van der Waals surface area contributed by atoms with Gasteiger partial charge >= 0.3 is 0 Å². The van der Waals surface area contributed by atoms with Crippen molar-refractivity contribution >= 4 is 32.3 Å². The molecular formula is C28H34. The molecule has 0 N–H and O–H groups in total. The predicted octanol–water partition coefficient (Wildman–Crippen LogP) is 8.83. The van der Waals surface area contributed by atoms with Gasteiger partial charge in [0.1, 0.15) is 0 Å². The molecule has 0 aliphatic heterocycles. The summed E-state index contributed by atoms with van der Waals surface area (Å²) in [6.45, 7) is 4.56. The minimum atomic E-state index is 1.21. The number of benzene rings is 4. The van der Waals surface area contributed by atoms with Crippen LogP contribution in [0.3, 0.4) is 0 Å². The maximum absolute atomic E-state index is 2.44. The van der Waals surface area contributed by atoms with Crippen LogP contribution in [-0.4, -0.2) is 0 Å². The van der Waals surface area contributed by atoms with E-state index in [0.29, 0.717) is 0 Å². The minimum absolute atomic E-state index is 1.21. The second-order valence-corrected chi connectivity index (χ2v) is 8.59. The zero-order valence-electron chi connectivity index (χ0n) is 17.7. The van der Waals surface area contributed by atoms with Crippen LogP contribution in [-0.2, 0) is 12.8 Å². The first-order valence-corrected chi connectivity index (χ1v) is 11.5. The van der Waals surface area contributed by atoms with Crippen LogP contribution in [0.25, 0.3) is 32.3 Å². The molecule has 146 valence electrons. The maximum Gasteiger partial charge on any atom is -0.00266 e. The number of hydrogen-bond donors (Lipinski definition) is 0. The zero-order valence-corrected chi connectivity index (χ0v) is 17.7. The quantitative estimate of drug-likeness (QED) is 0.193. The van der Waals surface area contributed by atoms with Gasteiger partial charge in [-0.25, -0.2) is 0 Å². The highest BCUT2D eigenvalue weighted by atomic mass is 14.1. The highest BCUT2D eigenvalue weighted by molar-refractivity contribution is 6.23. The molecule has 0 nitrogen and oxygen atoms in total. The van der Waals surface area contributed by atoms with Crippen molar-refractivity contribution in [2.45, 2.75) is 78.1 Å². The third-order valence-corrected chi connectivity index (χ3v) is 6.29. The van der Waals surface area contributed by atoms with Gasteiger partial charge in [-0.3, -0.25) is 0 Å². The van der Waals surface area contributed by atoms with Crippen molar-refractivity contribution in [3.8, 4) is 0 Å². The van der Waals surface area contributed by atoms with E-state index >= 15 is 0 Å². The predicted molar refractivity (Wildman–Crippen MR) is 126 cm³/mol. The lowest BCUT2D eigenvalue weighted by atomic mass is 9.90. The van der Waals surface area contributed by atoms with E-state index in [1.165, 1.54) is 108 Å². The van der Waals surface area contributed by atoms with E-state index in [1.807, 2.05) is 0 Å². The summed E-state index contributed by atoms with van der Waals surface area (Å²) >= 11 is 0. The monoisotopic (exact) mass is 370 g/mol. The van der Waals surface area contributed by atoms with Crippen LogP contribution >= 0.6 is 0 Å². The summed E-state index contributed by atoms with van der Waals surface area (Å²) in [5.74, 6) is 0. The van der Waals surface area contributed by atoms with Crippen molar-refractivity contribution in [2.24, 2.45) is 0 Å². The lowest BCUT2D eigenvalue weighted by Crippen LogP contribution is -1.92. The van der Waals surface area contributed by atoms with E-state index < -0.39 is 0 Å². The number of hydrogen-bond acceptors (Lipinski definition) is 0. The first-order valence-electron chi connectivity index (χ1n) is 11.5. The van der Waals surface area contributed by atoms with Gasteiger partial charge in [-0.15, -0.1) is 0 Å². The Morgan fingerprint density at radius 3 is 1.14 bits per heavy atom. The van der Waals surface area contributed by atoms with Gasteiger partial charge in [-0.1, -0.05) is 101 Å². The smallest absolute Gasteiger partial charge is 0.00266 e. The topological polar surface area (TPSA) is 0 Å². The van der Waals surface area contributed by atoms with E-state index in [1.54, 1.807) is 0 Å². The molecule has 0 heterocycles. The summed E-state index contributed by atoms with van der Waals surface area (Å²) in [6.07, 6.45) is 13.1. The average Bonchev–Trinajstić information content (AvgIpc) is 2.72. The van der Waals surface area contributed by atoms with Crippen LogP contribution in [0.15, 0.2) is 48.5 Å². The van der Waals surface area contributed by atoms with Gasteiger partial charge in [0.25, 0.3) is 0 Å². The van der Waals surface area contributed by atoms with Crippen molar-refractivity contribution in [3.05, 3.63) is 59.7 Å². The molecule has 0 unspecified atom stereocenters. The molecule has 0 spiro atoms. The molecule has 0 bridgehead atoms. The van der Waals surface area contributed by atoms with Gasteiger partial charge in [0, 0.05) is 0 Å². The Labute approximate surface area is 170 Å². The van der Waals surface area contributed by atoms with E-state index in [-0.39, 0.29) is 0 Å². The normalized spacial score (nSPS) is 11.9. The molecule has 0 fully saturated rings. The Balaban J connectivity index is 1.66. The van der Waals surface area contributed by atoms with Crippen LogP contribution < -0.4 is 0 Å². The molecule has 0 heteroatoms. The van der Waals surface area contributed by atoms with Gasteiger partial charge in [0.2, 0.25) is 0 Å². The zero-order chi connectivity index (χ0) is 19.3. The average molecular weight is 371 g/mol. The lowest BCUT2D eigenvalue weighted by Gasteiger charge is -2.14. The van der Waals surface area contributed by atoms with Gasteiger partial charge in [0.05, 0.1) is 0 Å². The molecular weight excluding hydrogens is 336 g/mol. The molecule has 0 aromatic heterocycles. The Morgan fingerprint density at radius 2 is 0.821 bits per heavy atom. The summed E-state index contributed by atoms with van der Waals surface area (Å²) in [6, 6.07) is 19.1. The summed E-state index contributed by atoms with van der Waals surface area (Å²) in [7, 11) is 0. The second-order valence-electron chi connectivity index (χ2n) is 8.59. The fourth-order valence-corrected chi connectivity index (χ4v) is 4.77. The van der Waals surface area contributed by atoms with Crippen LogP contribution in [0.5, 0.6) is 0 Å². The van der Waals surface area contributed by atoms with E-state index in [9.17, 15) is 0 Å². The first kappa shape index (κ1) is 19.2. The minimum Gasteiger partial charge on any atom is -0.0654 e. The Morgan fingerprint density at radius 1 is 0.464 bits per heavy atom. The molecule has 0 saturated heterocycles. The largest absolute Gasteiger partial charge is 0.0654 e. The highest BCUT2D eigenvalue weighted by Crippen LogP contribution is 2.36. The van der Waals surface area contributed by atoms with Crippen molar-refractivity contribution in [1.82, 2.24) is 0 Å². The van der Waals surface area contributed by atoms with Crippen molar-refractivity contribution in [2.75, 3.05) is 0 Å². The second kappa shape index (κ2) is 8.95. The van der Waals surface area contributed by atoms with Gasteiger partial charge in [-0.2, -0.15) is 0 Å². The Hall–Kier alpha value is -2.08. The SMILES string of the molecule is CCCCCCc1cc2ccc3cc(CCCCCC)cc4ccc(c1)c2c34. The highest BCUT2D eigenvalue weighted by Gasteiger charge is 2.10. The number of unbranched alkanes of at least 4 members (excludes halogenated alkanes) is 6. The van der Waals surface area contributed by atoms with Crippen LogP contribution in [0.4, 0.5) is 0 Å². The summed E-state index contributed by atoms with van der Waals surface area (Å²) < 4.78 is 0. The fourth-order valence-electron chi connectivity index (χ4n) is 4.77. The van der Waals surface area contributed by atoms with Gasteiger partial charge in [-0.05, 0) is 69.1 Å². The van der Waals surface area contributed by atoms with E-state index in [0.717, 1.165) is 0 Å². The third-order valence-electron chi connectivity index (χ3n) is 6.29. The third kappa shape index (κ3) is 4.02. The fraction of sp³-hybridized carbons (Fsp3) is 0.429. The standard InChI is InChI=1S/C28H34/c1-3-5-7-9-11-21-17-23-13-15-25-19-22(12-10-8-6-4-2)20-26-16-14-24(18-21)27(23)28(25)26/h13-20H,3-12H2,1-2H3. The molecule has 4 aromatic carbocycles. The molecule has 0 aliphatic carbocycles. The molecule has 4 rings (SSSR count). The Kier molecular flexibility index (Phi) is 6.15. The van der Waals surface area contributed by atoms with Gasteiger partial charge < -0.3 is 0 Å². The number of rotatable bonds is 10. The summed E-state index contributed by atoms with van der Waals surface area (Å²) in [4.78, 5) is 0. The first-order chi connectivity index (χ1) is 13.8.